The lowest BCUT2D eigenvalue weighted by Gasteiger charge is -2.34. The molecule has 3 aromatic rings. The molecule has 176 valence electrons. The van der Waals surface area contributed by atoms with E-state index in [0.29, 0.717) is 28.3 Å². The van der Waals surface area contributed by atoms with E-state index in [1.807, 2.05) is 19.1 Å². The molecule has 1 aromatic heterocycles. The van der Waals surface area contributed by atoms with Crippen LogP contribution in [0.15, 0.2) is 61.3 Å². The Kier molecular flexibility index (Phi) is 7.30. The highest BCUT2D eigenvalue weighted by Crippen LogP contribution is 2.33. The van der Waals surface area contributed by atoms with E-state index in [2.05, 4.69) is 56.2 Å². The first-order valence-corrected chi connectivity index (χ1v) is 11.3. The fourth-order valence-corrected chi connectivity index (χ4v) is 3.65. The summed E-state index contributed by atoms with van der Waals surface area (Å²) in [6.45, 7) is 9.47. The molecule has 34 heavy (non-hydrogen) atoms. The van der Waals surface area contributed by atoms with Gasteiger partial charge >= 0.3 is 0 Å². The van der Waals surface area contributed by atoms with Crippen LogP contribution < -0.4 is 20.3 Å². The van der Waals surface area contributed by atoms with Crippen molar-refractivity contribution in [1.82, 2.24) is 14.9 Å². The third kappa shape index (κ3) is 5.84. The molecule has 0 saturated carbocycles. The quantitative estimate of drug-likeness (QED) is 0.469. The average Bonchev–Trinajstić information content (AvgIpc) is 2.84. The smallest absolute Gasteiger partial charge is 0.247 e. The highest BCUT2D eigenvalue weighted by Gasteiger charge is 2.15. The molecule has 1 saturated heterocycles. The molecule has 0 spiro atoms. The number of nitrogens with zero attached hydrogens (tertiary/aromatic N) is 4. The Balaban J connectivity index is 1.47. The summed E-state index contributed by atoms with van der Waals surface area (Å²) < 4.78 is 5.97. The van der Waals surface area contributed by atoms with Crippen molar-refractivity contribution in [3.05, 3.63) is 71.9 Å². The van der Waals surface area contributed by atoms with Crippen LogP contribution in [0.3, 0.4) is 0 Å². The number of piperazine rings is 1. The van der Waals surface area contributed by atoms with E-state index in [1.54, 1.807) is 24.4 Å². The lowest BCUT2D eigenvalue weighted by Crippen LogP contribution is -2.44. The van der Waals surface area contributed by atoms with Crippen LogP contribution in [0.25, 0.3) is 0 Å². The summed E-state index contributed by atoms with van der Waals surface area (Å²) in [6.07, 6.45) is 2.87. The number of hydrogen-bond donors (Lipinski definition) is 2. The normalized spacial score (nSPS) is 13.9. The molecule has 2 N–H and O–H groups in total. The number of carbonyl (C=O) groups excluding carboxylic acids is 1. The second-order valence-electron chi connectivity index (χ2n) is 8.08. The van der Waals surface area contributed by atoms with Gasteiger partial charge in [0, 0.05) is 61.1 Å². The number of halogens is 1. The van der Waals surface area contributed by atoms with Gasteiger partial charge in [0.25, 0.3) is 0 Å². The number of aryl methyl sites for hydroxylation is 1. The zero-order valence-electron chi connectivity index (χ0n) is 19.2. The van der Waals surface area contributed by atoms with Crippen LogP contribution in [0, 0.1) is 6.92 Å². The molecule has 4 rings (SSSR count). The first-order valence-electron chi connectivity index (χ1n) is 11.0. The van der Waals surface area contributed by atoms with E-state index >= 15 is 0 Å². The van der Waals surface area contributed by atoms with Gasteiger partial charge in [-0.3, -0.25) is 4.79 Å². The molecule has 2 heterocycles. The maximum atomic E-state index is 11.6. The fraction of sp³-hybridized carbons (Fsp3) is 0.240. The van der Waals surface area contributed by atoms with Crippen molar-refractivity contribution < 1.29 is 9.53 Å². The molecular weight excluding hydrogens is 452 g/mol. The second kappa shape index (κ2) is 10.5. The lowest BCUT2D eigenvalue weighted by atomic mass is 10.2. The highest BCUT2D eigenvalue weighted by molar-refractivity contribution is 6.32. The molecule has 0 aliphatic carbocycles. The number of benzene rings is 2. The molecule has 0 atom stereocenters. The van der Waals surface area contributed by atoms with E-state index in [0.717, 1.165) is 37.4 Å². The van der Waals surface area contributed by atoms with Gasteiger partial charge < -0.3 is 25.2 Å². The predicted octanol–water partition coefficient (Wildman–Crippen LogP) is 4.85. The average molecular weight is 479 g/mol. The number of nitrogens with one attached hydrogen (secondary N) is 2. The van der Waals surface area contributed by atoms with Crippen molar-refractivity contribution in [3.63, 3.8) is 0 Å². The number of anilines is 4. The molecule has 1 fully saturated rings. The molecule has 0 bridgehead atoms. The van der Waals surface area contributed by atoms with Crippen molar-refractivity contribution in [2.24, 2.45) is 0 Å². The van der Waals surface area contributed by atoms with Crippen LogP contribution in [-0.4, -0.2) is 54.0 Å². The number of carbonyl (C=O) groups is 1. The van der Waals surface area contributed by atoms with Gasteiger partial charge in [-0.05, 0) is 56.4 Å². The monoisotopic (exact) mass is 478 g/mol. The van der Waals surface area contributed by atoms with E-state index < -0.39 is 0 Å². The minimum atomic E-state index is -0.323. The lowest BCUT2D eigenvalue weighted by molar-refractivity contribution is -0.111. The SMILES string of the molecule is C=CC(=O)Nc1ccc(Cl)c(Oc2nc(Nc3ccc(N4CCN(C)CC4)cc3)ncc2C)c1. The number of hydrogen-bond acceptors (Lipinski definition) is 7. The van der Waals surface area contributed by atoms with Crippen LogP contribution >= 0.6 is 11.6 Å². The van der Waals surface area contributed by atoms with Crippen molar-refractivity contribution >= 4 is 40.5 Å². The van der Waals surface area contributed by atoms with Gasteiger partial charge in [-0.1, -0.05) is 18.2 Å². The summed E-state index contributed by atoms with van der Waals surface area (Å²) in [7, 11) is 2.15. The molecule has 9 heteroatoms. The van der Waals surface area contributed by atoms with Gasteiger partial charge in [-0.15, -0.1) is 0 Å². The third-order valence-corrected chi connectivity index (χ3v) is 5.82. The molecule has 1 amide bonds. The molecule has 1 aliphatic heterocycles. The Morgan fingerprint density at radius 1 is 1.12 bits per heavy atom. The summed E-state index contributed by atoms with van der Waals surface area (Å²) in [6, 6.07) is 13.2. The highest BCUT2D eigenvalue weighted by atomic mass is 35.5. The number of ether oxygens (including phenoxy) is 1. The molecule has 0 radical (unpaired) electrons. The van der Waals surface area contributed by atoms with Crippen molar-refractivity contribution in [2.75, 3.05) is 48.8 Å². The van der Waals surface area contributed by atoms with Gasteiger partial charge in [-0.25, -0.2) is 4.98 Å². The standard InChI is InChI=1S/C25H27ClN6O2/c1-4-23(33)28-19-7-10-21(26)22(15-19)34-24-17(2)16-27-25(30-24)29-18-5-8-20(9-6-18)32-13-11-31(3)12-14-32/h4-10,15-16H,1,11-14H2,2-3H3,(H,28,33)(H,27,29,30). The second-order valence-corrected chi connectivity index (χ2v) is 8.49. The number of amides is 1. The minimum absolute atomic E-state index is 0.323. The zero-order valence-corrected chi connectivity index (χ0v) is 20.0. The molecule has 8 nitrogen and oxygen atoms in total. The van der Waals surface area contributed by atoms with Gasteiger partial charge in [0.1, 0.15) is 5.75 Å². The van der Waals surface area contributed by atoms with Crippen molar-refractivity contribution in [1.29, 1.82) is 0 Å². The van der Waals surface area contributed by atoms with E-state index in [-0.39, 0.29) is 5.91 Å². The Hall–Kier alpha value is -3.62. The van der Waals surface area contributed by atoms with Gasteiger partial charge in [-0.2, -0.15) is 4.98 Å². The predicted molar refractivity (Wildman–Crippen MR) is 137 cm³/mol. The third-order valence-electron chi connectivity index (χ3n) is 5.51. The molecule has 2 aromatic carbocycles. The van der Waals surface area contributed by atoms with Gasteiger partial charge in [0.2, 0.25) is 17.7 Å². The van der Waals surface area contributed by atoms with Crippen LogP contribution in [0.4, 0.5) is 23.0 Å². The Labute approximate surface area is 204 Å². The van der Waals surface area contributed by atoms with Crippen LogP contribution in [0.5, 0.6) is 11.6 Å². The fourth-order valence-electron chi connectivity index (χ4n) is 3.50. The van der Waals surface area contributed by atoms with Crippen molar-refractivity contribution in [2.45, 2.75) is 6.92 Å². The van der Waals surface area contributed by atoms with Gasteiger partial charge in [0.05, 0.1) is 5.02 Å². The summed E-state index contributed by atoms with van der Waals surface area (Å²) >= 11 is 6.30. The van der Waals surface area contributed by atoms with Gasteiger partial charge in [0.15, 0.2) is 0 Å². The Bertz CT molecular complexity index is 1180. The van der Waals surface area contributed by atoms with E-state index in [1.165, 1.54) is 11.8 Å². The molecular formula is C25H27ClN6O2. The van der Waals surface area contributed by atoms with Crippen LogP contribution in [0.2, 0.25) is 5.02 Å². The molecule has 0 unspecified atom stereocenters. The summed E-state index contributed by atoms with van der Waals surface area (Å²) in [4.78, 5) is 25.2. The number of likely N-dealkylation sites (N-methyl/N-ethyl adjacent to an activating group) is 1. The van der Waals surface area contributed by atoms with Crippen molar-refractivity contribution in [3.8, 4) is 11.6 Å². The summed E-state index contributed by atoms with van der Waals surface area (Å²) in [5, 5.41) is 6.30. The first-order chi connectivity index (χ1) is 16.4. The zero-order chi connectivity index (χ0) is 24.1. The first kappa shape index (κ1) is 23.5. The Morgan fingerprint density at radius 3 is 2.53 bits per heavy atom. The number of aromatic nitrogens is 2. The van der Waals surface area contributed by atoms with E-state index in [4.69, 9.17) is 16.3 Å². The van der Waals surface area contributed by atoms with E-state index in [9.17, 15) is 4.79 Å². The maximum absolute atomic E-state index is 11.6. The summed E-state index contributed by atoms with van der Waals surface area (Å²) in [5.74, 6) is 0.810. The Morgan fingerprint density at radius 2 is 1.82 bits per heavy atom. The molecule has 1 aliphatic rings. The minimum Gasteiger partial charge on any atom is -0.437 e. The summed E-state index contributed by atoms with van der Waals surface area (Å²) in [5.41, 5.74) is 3.35. The topological polar surface area (TPSA) is 82.6 Å². The van der Waals surface area contributed by atoms with Crippen LogP contribution in [0.1, 0.15) is 5.56 Å². The number of rotatable bonds is 7. The maximum Gasteiger partial charge on any atom is 0.247 e. The van der Waals surface area contributed by atoms with Crippen LogP contribution in [-0.2, 0) is 4.79 Å². The largest absolute Gasteiger partial charge is 0.437 e.